The molecular weight excluding hydrogens is 186 g/mol. The maximum atomic E-state index is 5.99. The lowest BCUT2D eigenvalue weighted by Crippen LogP contribution is -2.56. The summed E-state index contributed by atoms with van der Waals surface area (Å²) in [6.07, 6.45) is 9.61. The molecule has 0 aromatic carbocycles. The first kappa shape index (κ1) is 10.1. The van der Waals surface area contributed by atoms with Crippen LogP contribution in [0.4, 0.5) is 0 Å². The van der Waals surface area contributed by atoms with E-state index >= 15 is 0 Å². The molecule has 1 saturated heterocycles. The van der Waals surface area contributed by atoms with Crippen molar-refractivity contribution in [2.24, 2.45) is 23.0 Å². The van der Waals surface area contributed by atoms with Crippen LogP contribution in [0.2, 0.25) is 0 Å². The van der Waals surface area contributed by atoms with Gasteiger partial charge in [-0.1, -0.05) is 6.42 Å². The Hall–Kier alpha value is -0.0800. The van der Waals surface area contributed by atoms with Crippen LogP contribution in [0.1, 0.15) is 44.9 Å². The van der Waals surface area contributed by atoms with Crippen molar-refractivity contribution in [2.45, 2.75) is 51.0 Å². The second kappa shape index (κ2) is 3.74. The molecule has 2 N–H and O–H groups in total. The molecule has 0 bridgehead atoms. The van der Waals surface area contributed by atoms with Gasteiger partial charge in [0.1, 0.15) is 0 Å². The molecule has 3 rings (SSSR count). The first-order valence-electron chi connectivity index (χ1n) is 6.64. The number of hydrogen-bond acceptors (Lipinski definition) is 2. The highest BCUT2D eigenvalue weighted by atomic mass is 16.5. The molecule has 0 unspecified atom stereocenters. The van der Waals surface area contributed by atoms with E-state index in [0.717, 1.165) is 25.0 Å². The van der Waals surface area contributed by atoms with E-state index in [1.54, 1.807) is 0 Å². The lowest BCUT2D eigenvalue weighted by atomic mass is 9.55. The normalized spacial score (nSPS) is 40.6. The van der Waals surface area contributed by atoms with Gasteiger partial charge < -0.3 is 10.5 Å². The molecular formula is C13H23NO. The number of ether oxygens (including phenoxy) is 1. The van der Waals surface area contributed by atoms with Crippen LogP contribution in [0.25, 0.3) is 0 Å². The zero-order chi connectivity index (χ0) is 10.3. The summed E-state index contributed by atoms with van der Waals surface area (Å²) >= 11 is 0. The highest BCUT2D eigenvalue weighted by Gasteiger charge is 2.52. The molecule has 3 fully saturated rings. The Balaban J connectivity index is 1.67. The van der Waals surface area contributed by atoms with Crippen molar-refractivity contribution >= 4 is 0 Å². The zero-order valence-corrected chi connectivity index (χ0v) is 9.58. The monoisotopic (exact) mass is 209 g/mol. The Kier molecular flexibility index (Phi) is 2.52. The summed E-state index contributed by atoms with van der Waals surface area (Å²) < 4.78 is 5.54. The van der Waals surface area contributed by atoms with Crippen molar-refractivity contribution in [2.75, 3.05) is 13.2 Å². The summed E-state index contributed by atoms with van der Waals surface area (Å²) in [4.78, 5) is 0. The highest BCUT2D eigenvalue weighted by molar-refractivity contribution is 5.01. The van der Waals surface area contributed by atoms with Crippen LogP contribution in [0.15, 0.2) is 0 Å². The quantitative estimate of drug-likeness (QED) is 0.757. The summed E-state index contributed by atoms with van der Waals surface area (Å²) in [5.41, 5.74) is 6.59. The average molecular weight is 209 g/mol. The Morgan fingerprint density at radius 1 is 0.867 bits per heavy atom. The van der Waals surface area contributed by atoms with Gasteiger partial charge in [-0.15, -0.1) is 0 Å². The van der Waals surface area contributed by atoms with Gasteiger partial charge in [-0.25, -0.2) is 0 Å². The van der Waals surface area contributed by atoms with E-state index in [-0.39, 0.29) is 0 Å². The third-order valence-corrected chi connectivity index (χ3v) is 5.24. The van der Waals surface area contributed by atoms with Gasteiger partial charge in [-0.05, 0) is 50.4 Å². The number of rotatable bonds is 2. The fourth-order valence-electron chi connectivity index (χ4n) is 3.82. The summed E-state index contributed by atoms with van der Waals surface area (Å²) in [5, 5.41) is 0. The molecule has 0 aromatic heterocycles. The molecule has 3 aliphatic rings. The van der Waals surface area contributed by atoms with Crippen molar-refractivity contribution in [1.82, 2.24) is 0 Å². The average Bonchev–Trinajstić information content (AvgIpc) is 2.10. The Bertz CT molecular complexity index is 225. The van der Waals surface area contributed by atoms with E-state index in [2.05, 4.69) is 0 Å². The van der Waals surface area contributed by atoms with Crippen LogP contribution in [0.5, 0.6) is 0 Å². The van der Waals surface area contributed by atoms with Gasteiger partial charge in [0.2, 0.25) is 0 Å². The van der Waals surface area contributed by atoms with E-state index in [1.807, 2.05) is 0 Å². The van der Waals surface area contributed by atoms with Crippen LogP contribution in [0.3, 0.4) is 0 Å². The molecule has 0 atom stereocenters. The van der Waals surface area contributed by atoms with Crippen LogP contribution >= 0.6 is 0 Å². The Morgan fingerprint density at radius 2 is 1.47 bits per heavy atom. The summed E-state index contributed by atoms with van der Waals surface area (Å²) in [5.74, 6) is 1.92. The lowest BCUT2D eigenvalue weighted by molar-refractivity contribution is -0.199. The Labute approximate surface area is 92.6 Å². The maximum Gasteiger partial charge on any atom is 0.0550 e. The molecule has 86 valence electrons. The minimum atomic E-state index is 0.487. The molecule has 0 aromatic rings. The SMILES string of the molecule is NC1CCC(C2(C3CCC3)COC2)CC1. The third-order valence-electron chi connectivity index (χ3n) is 5.24. The van der Waals surface area contributed by atoms with Crippen LogP contribution in [-0.2, 0) is 4.74 Å². The predicted octanol–water partition coefficient (Wildman–Crippen LogP) is 2.32. The van der Waals surface area contributed by atoms with Gasteiger partial charge in [-0.2, -0.15) is 0 Å². The standard InChI is InChI=1S/C13H23NO/c14-12-6-4-11(5-7-12)13(8-15-9-13)10-2-1-3-10/h10-12H,1-9,14H2. The van der Waals surface area contributed by atoms with E-state index < -0.39 is 0 Å². The molecule has 2 saturated carbocycles. The topological polar surface area (TPSA) is 35.2 Å². The van der Waals surface area contributed by atoms with Crippen LogP contribution in [0, 0.1) is 17.3 Å². The predicted molar refractivity (Wildman–Crippen MR) is 60.5 cm³/mol. The van der Waals surface area contributed by atoms with Crippen LogP contribution < -0.4 is 5.73 Å². The largest absolute Gasteiger partial charge is 0.380 e. The van der Waals surface area contributed by atoms with Gasteiger partial charge in [0, 0.05) is 11.5 Å². The number of hydrogen-bond donors (Lipinski definition) is 1. The van der Waals surface area contributed by atoms with Gasteiger partial charge in [0.15, 0.2) is 0 Å². The van der Waals surface area contributed by atoms with E-state index in [9.17, 15) is 0 Å². The minimum absolute atomic E-state index is 0.487. The number of nitrogens with two attached hydrogens (primary N) is 1. The molecule has 0 radical (unpaired) electrons. The van der Waals surface area contributed by atoms with Crippen molar-refractivity contribution in [3.8, 4) is 0 Å². The molecule has 2 heteroatoms. The first-order chi connectivity index (χ1) is 7.31. The summed E-state index contributed by atoms with van der Waals surface area (Å²) in [6, 6.07) is 0.487. The molecule has 2 nitrogen and oxygen atoms in total. The molecule has 15 heavy (non-hydrogen) atoms. The van der Waals surface area contributed by atoms with E-state index in [4.69, 9.17) is 10.5 Å². The molecule has 2 aliphatic carbocycles. The van der Waals surface area contributed by atoms with E-state index in [1.165, 1.54) is 44.9 Å². The van der Waals surface area contributed by atoms with Crippen LogP contribution in [-0.4, -0.2) is 19.3 Å². The lowest BCUT2D eigenvalue weighted by Gasteiger charge is -2.56. The minimum Gasteiger partial charge on any atom is -0.380 e. The first-order valence-corrected chi connectivity index (χ1v) is 6.64. The zero-order valence-electron chi connectivity index (χ0n) is 9.58. The maximum absolute atomic E-state index is 5.99. The second-order valence-corrected chi connectivity index (χ2v) is 5.97. The van der Waals surface area contributed by atoms with E-state index in [0.29, 0.717) is 11.5 Å². The summed E-state index contributed by atoms with van der Waals surface area (Å²) in [7, 11) is 0. The molecule has 1 heterocycles. The van der Waals surface area contributed by atoms with Gasteiger partial charge >= 0.3 is 0 Å². The smallest absolute Gasteiger partial charge is 0.0550 e. The van der Waals surface area contributed by atoms with Crippen molar-refractivity contribution in [1.29, 1.82) is 0 Å². The molecule has 1 aliphatic heterocycles. The third kappa shape index (κ3) is 1.53. The van der Waals surface area contributed by atoms with Crippen molar-refractivity contribution in [3.63, 3.8) is 0 Å². The van der Waals surface area contributed by atoms with Crippen molar-refractivity contribution in [3.05, 3.63) is 0 Å². The second-order valence-electron chi connectivity index (χ2n) is 5.97. The highest BCUT2D eigenvalue weighted by Crippen LogP contribution is 2.54. The molecule has 0 amide bonds. The fourth-order valence-corrected chi connectivity index (χ4v) is 3.82. The fraction of sp³-hybridized carbons (Fsp3) is 1.00. The summed E-state index contributed by atoms with van der Waals surface area (Å²) in [6.45, 7) is 2.11. The molecule has 0 spiro atoms. The van der Waals surface area contributed by atoms with Crippen molar-refractivity contribution < 1.29 is 4.74 Å². The van der Waals surface area contributed by atoms with Gasteiger partial charge in [0.05, 0.1) is 13.2 Å². The van der Waals surface area contributed by atoms with Gasteiger partial charge in [0.25, 0.3) is 0 Å². The van der Waals surface area contributed by atoms with Gasteiger partial charge in [-0.3, -0.25) is 0 Å². The Morgan fingerprint density at radius 3 is 1.87 bits per heavy atom.